The van der Waals surface area contributed by atoms with Gasteiger partial charge in [-0.25, -0.2) is 4.98 Å². The normalized spacial score (nSPS) is 10.6. The topological polar surface area (TPSA) is 51.4 Å². The highest BCUT2D eigenvalue weighted by molar-refractivity contribution is 5.93. The van der Waals surface area contributed by atoms with Crippen molar-refractivity contribution in [3.63, 3.8) is 0 Å². The molecule has 2 aromatic rings. The molecule has 0 unspecified atom stereocenters. The Bertz CT molecular complexity index is 527. The number of hydrogen-bond acceptors (Lipinski definition) is 4. The van der Waals surface area contributed by atoms with Crippen molar-refractivity contribution in [2.45, 2.75) is 6.42 Å². The van der Waals surface area contributed by atoms with Gasteiger partial charge in [0.2, 0.25) is 0 Å². The van der Waals surface area contributed by atoms with Gasteiger partial charge in [-0.3, -0.25) is 0 Å². The number of nitrogens with zero attached hydrogens (tertiary/aromatic N) is 2. The molecule has 0 aliphatic heterocycles. The monoisotopic (exact) mass is 245 g/mol. The van der Waals surface area contributed by atoms with Crippen molar-refractivity contribution in [1.82, 2.24) is 4.98 Å². The predicted octanol–water partition coefficient (Wildman–Crippen LogP) is 2.03. The first-order chi connectivity index (χ1) is 8.76. The van der Waals surface area contributed by atoms with Crippen molar-refractivity contribution in [2.75, 3.05) is 32.1 Å². The Hall–Kier alpha value is -1.81. The van der Waals surface area contributed by atoms with Crippen LogP contribution >= 0.6 is 0 Å². The van der Waals surface area contributed by atoms with Crippen LogP contribution in [0, 0.1) is 0 Å². The highest BCUT2D eigenvalue weighted by atomic mass is 16.5. The van der Waals surface area contributed by atoms with E-state index in [2.05, 4.69) is 16.0 Å². The summed E-state index contributed by atoms with van der Waals surface area (Å²) in [5, 5.41) is 2.27. The Labute approximate surface area is 107 Å². The Morgan fingerprint density at radius 3 is 2.89 bits per heavy atom. The van der Waals surface area contributed by atoms with Gasteiger partial charge < -0.3 is 15.4 Å². The quantitative estimate of drug-likeness (QED) is 0.875. The van der Waals surface area contributed by atoms with E-state index in [-0.39, 0.29) is 0 Å². The van der Waals surface area contributed by atoms with Crippen LogP contribution in [0.3, 0.4) is 0 Å². The van der Waals surface area contributed by atoms with E-state index >= 15 is 0 Å². The van der Waals surface area contributed by atoms with Crippen molar-refractivity contribution < 1.29 is 4.74 Å². The molecule has 18 heavy (non-hydrogen) atoms. The second-order valence-electron chi connectivity index (χ2n) is 4.29. The van der Waals surface area contributed by atoms with Crippen LogP contribution in [0.4, 0.5) is 5.82 Å². The van der Waals surface area contributed by atoms with Gasteiger partial charge in [-0.05, 0) is 36.6 Å². The number of anilines is 1. The summed E-state index contributed by atoms with van der Waals surface area (Å²) in [4.78, 5) is 6.60. The van der Waals surface area contributed by atoms with Crippen molar-refractivity contribution in [1.29, 1.82) is 0 Å². The van der Waals surface area contributed by atoms with E-state index in [0.29, 0.717) is 6.54 Å². The third-order valence-electron chi connectivity index (χ3n) is 3.01. The number of rotatable bonds is 5. The van der Waals surface area contributed by atoms with Crippen LogP contribution in [-0.2, 0) is 0 Å². The summed E-state index contributed by atoms with van der Waals surface area (Å²) in [6.07, 6.45) is 2.79. The Morgan fingerprint density at radius 1 is 1.33 bits per heavy atom. The Kier molecular flexibility index (Phi) is 3.99. The summed E-state index contributed by atoms with van der Waals surface area (Å²) in [5.74, 6) is 1.82. The average molecular weight is 245 g/mol. The fourth-order valence-corrected chi connectivity index (χ4v) is 2.00. The van der Waals surface area contributed by atoms with Crippen LogP contribution in [0.2, 0.25) is 0 Å². The number of aromatic nitrogens is 1. The van der Waals surface area contributed by atoms with Gasteiger partial charge >= 0.3 is 0 Å². The molecular weight excluding hydrogens is 226 g/mol. The Balaban J connectivity index is 2.42. The zero-order valence-corrected chi connectivity index (χ0v) is 10.9. The summed E-state index contributed by atoms with van der Waals surface area (Å²) < 4.78 is 5.27. The highest BCUT2D eigenvalue weighted by Gasteiger charge is 2.08. The van der Waals surface area contributed by atoms with Gasteiger partial charge in [0.25, 0.3) is 0 Å². The molecule has 4 nitrogen and oxygen atoms in total. The molecule has 0 saturated carbocycles. The smallest absolute Gasteiger partial charge is 0.136 e. The first-order valence-electron chi connectivity index (χ1n) is 6.10. The molecule has 1 heterocycles. The molecule has 0 aliphatic carbocycles. The molecule has 0 aliphatic rings. The fraction of sp³-hybridized carbons (Fsp3) is 0.357. The van der Waals surface area contributed by atoms with Gasteiger partial charge in [0.1, 0.15) is 11.6 Å². The van der Waals surface area contributed by atoms with Crippen LogP contribution in [0.25, 0.3) is 10.8 Å². The largest absolute Gasteiger partial charge is 0.497 e. The van der Waals surface area contributed by atoms with Gasteiger partial charge in [-0.1, -0.05) is 6.07 Å². The predicted molar refractivity (Wildman–Crippen MR) is 75.2 cm³/mol. The lowest BCUT2D eigenvalue weighted by Crippen LogP contribution is -2.22. The van der Waals surface area contributed by atoms with E-state index in [1.807, 2.05) is 31.4 Å². The van der Waals surface area contributed by atoms with Crippen LogP contribution in [-0.4, -0.2) is 32.2 Å². The first-order valence-corrected chi connectivity index (χ1v) is 6.10. The molecule has 0 spiro atoms. The van der Waals surface area contributed by atoms with E-state index in [1.165, 1.54) is 5.39 Å². The van der Waals surface area contributed by atoms with Gasteiger partial charge in [-0.2, -0.15) is 0 Å². The zero-order valence-electron chi connectivity index (χ0n) is 10.9. The average Bonchev–Trinajstić information content (AvgIpc) is 2.43. The molecule has 0 atom stereocenters. The van der Waals surface area contributed by atoms with Gasteiger partial charge in [0.15, 0.2) is 0 Å². The molecule has 0 bridgehead atoms. The molecule has 1 aromatic heterocycles. The molecule has 4 heteroatoms. The second-order valence-corrected chi connectivity index (χ2v) is 4.29. The number of pyridine rings is 1. The van der Waals surface area contributed by atoms with E-state index in [1.54, 1.807) is 7.11 Å². The minimum atomic E-state index is 0.693. The molecule has 0 fully saturated rings. The molecule has 96 valence electrons. The molecule has 2 rings (SSSR count). The Morgan fingerprint density at radius 2 is 2.17 bits per heavy atom. The summed E-state index contributed by atoms with van der Waals surface area (Å²) >= 11 is 0. The number of ether oxygens (including phenoxy) is 1. The first kappa shape index (κ1) is 12.6. The van der Waals surface area contributed by atoms with E-state index in [4.69, 9.17) is 10.5 Å². The number of hydrogen-bond donors (Lipinski definition) is 1. The number of fused-ring (bicyclic) bond motifs is 1. The summed E-state index contributed by atoms with van der Waals surface area (Å²) in [6, 6.07) is 8.05. The molecule has 2 N–H and O–H groups in total. The summed E-state index contributed by atoms with van der Waals surface area (Å²) in [5.41, 5.74) is 5.55. The number of benzene rings is 1. The van der Waals surface area contributed by atoms with E-state index in [9.17, 15) is 0 Å². The molecule has 1 aromatic carbocycles. The van der Waals surface area contributed by atoms with E-state index in [0.717, 1.165) is 29.9 Å². The lowest BCUT2D eigenvalue weighted by molar-refractivity contribution is 0.415. The van der Waals surface area contributed by atoms with Crippen molar-refractivity contribution in [2.24, 2.45) is 5.73 Å². The van der Waals surface area contributed by atoms with Crippen molar-refractivity contribution in [3.05, 3.63) is 30.5 Å². The van der Waals surface area contributed by atoms with Crippen LogP contribution in [0.5, 0.6) is 5.75 Å². The maximum atomic E-state index is 5.55. The SMILES string of the molecule is COc1ccc2ccnc(N(C)CCCN)c2c1. The van der Waals surface area contributed by atoms with Crippen LogP contribution < -0.4 is 15.4 Å². The number of nitrogens with two attached hydrogens (primary N) is 1. The van der Waals surface area contributed by atoms with Gasteiger partial charge in [0.05, 0.1) is 7.11 Å². The summed E-state index contributed by atoms with van der Waals surface area (Å²) in [6.45, 7) is 1.60. The number of methoxy groups -OCH3 is 1. The van der Waals surface area contributed by atoms with Crippen molar-refractivity contribution >= 4 is 16.6 Å². The minimum Gasteiger partial charge on any atom is -0.497 e. The fourth-order valence-electron chi connectivity index (χ4n) is 2.00. The maximum absolute atomic E-state index is 5.55. The molecule has 0 saturated heterocycles. The lowest BCUT2D eigenvalue weighted by atomic mass is 10.1. The second kappa shape index (κ2) is 5.69. The van der Waals surface area contributed by atoms with Gasteiger partial charge in [0, 0.05) is 25.2 Å². The summed E-state index contributed by atoms with van der Waals surface area (Å²) in [7, 11) is 3.71. The van der Waals surface area contributed by atoms with E-state index < -0.39 is 0 Å². The third kappa shape index (κ3) is 2.54. The third-order valence-corrected chi connectivity index (χ3v) is 3.01. The van der Waals surface area contributed by atoms with Crippen molar-refractivity contribution in [3.8, 4) is 5.75 Å². The molecular formula is C14H19N3O. The molecule has 0 amide bonds. The lowest BCUT2D eigenvalue weighted by Gasteiger charge is -2.19. The standard InChI is InChI=1S/C14H19N3O/c1-17(9-3-7-15)14-13-10-12(18-2)5-4-11(13)6-8-16-14/h4-6,8,10H,3,7,9,15H2,1-2H3. The zero-order chi connectivity index (χ0) is 13.0. The minimum absolute atomic E-state index is 0.693. The van der Waals surface area contributed by atoms with Crippen LogP contribution in [0.1, 0.15) is 6.42 Å². The van der Waals surface area contributed by atoms with Crippen LogP contribution in [0.15, 0.2) is 30.5 Å². The molecule has 0 radical (unpaired) electrons. The maximum Gasteiger partial charge on any atom is 0.136 e. The van der Waals surface area contributed by atoms with Gasteiger partial charge in [-0.15, -0.1) is 0 Å². The highest BCUT2D eigenvalue weighted by Crippen LogP contribution is 2.27.